The third kappa shape index (κ3) is 3.38. The third-order valence-electron chi connectivity index (χ3n) is 4.84. The van der Waals surface area contributed by atoms with Crippen molar-refractivity contribution < 1.29 is 0 Å². The second-order valence-corrected chi connectivity index (χ2v) is 7.10. The van der Waals surface area contributed by atoms with Crippen LogP contribution in [0.3, 0.4) is 0 Å². The molecule has 1 aromatic heterocycles. The molecule has 0 spiro atoms. The van der Waals surface area contributed by atoms with E-state index in [2.05, 4.69) is 54.5 Å². The van der Waals surface area contributed by atoms with Gasteiger partial charge in [-0.05, 0) is 67.3 Å². The maximum atomic E-state index is 2.69. The minimum Gasteiger partial charge on any atom is -0.300 e. The van der Waals surface area contributed by atoms with E-state index in [1.54, 1.807) is 11.1 Å². The molecular weight excluding hydrogens is 274 g/mol. The summed E-state index contributed by atoms with van der Waals surface area (Å²) in [6, 6.07) is 12.0. The molecule has 3 rings (SSSR count). The van der Waals surface area contributed by atoms with Crippen LogP contribution in [0.5, 0.6) is 0 Å². The summed E-state index contributed by atoms with van der Waals surface area (Å²) in [6.07, 6.45) is 5.00. The normalized spacial score (nSPS) is 18.0. The van der Waals surface area contributed by atoms with Gasteiger partial charge in [-0.2, -0.15) is 0 Å². The molecule has 112 valence electrons. The molecule has 0 unspecified atom stereocenters. The molecule has 2 aromatic rings. The molecule has 0 fully saturated rings. The molecule has 0 aliphatic heterocycles. The summed E-state index contributed by atoms with van der Waals surface area (Å²) < 4.78 is 0. The highest BCUT2D eigenvalue weighted by atomic mass is 32.1. The van der Waals surface area contributed by atoms with Crippen LogP contribution in [0.1, 0.15) is 34.9 Å². The summed E-state index contributed by atoms with van der Waals surface area (Å²) in [6.45, 7) is 6.92. The number of hydrogen-bond donors (Lipinski definition) is 0. The van der Waals surface area contributed by atoms with Gasteiger partial charge in [0.1, 0.15) is 0 Å². The largest absolute Gasteiger partial charge is 0.300 e. The number of benzene rings is 1. The van der Waals surface area contributed by atoms with E-state index in [9.17, 15) is 0 Å². The zero-order chi connectivity index (χ0) is 14.7. The molecule has 1 nitrogen and oxygen atoms in total. The molecule has 0 N–H and O–H groups in total. The van der Waals surface area contributed by atoms with Crippen molar-refractivity contribution in [1.29, 1.82) is 0 Å². The van der Waals surface area contributed by atoms with Crippen LogP contribution < -0.4 is 0 Å². The molecule has 1 atom stereocenters. The first-order chi connectivity index (χ1) is 10.3. The van der Waals surface area contributed by atoms with Gasteiger partial charge in [-0.25, -0.2) is 0 Å². The van der Waals surface area contributed by atoms with Crippen LogP contribution in [0, 0.1) is 6.92 Å². The lowest BCUT2D eigenvalue weighted by Crippen LogP contribution is -2.40. The summed E-state index contributed by atoms with van der Waals surface area (Å²) in [4.78, 5) is 4.20. The SMILES string of the molecule is CCN(CCc1cccs1)[C@H]1CCc2c(C)cccc2C1. The van der Waals surface area contributed by atoms with Gasteiger partial charge < -0.3 is 0 Å². The lowest BCUT2D eigenvalue weighted by molar-refractivity contribution is 0.191. The van der Waals surface area contributed by atoms with Gasteiger partial charge in [0.25, 0.3) is 0 Å². The van der Waals surface area contributed by atoms with Crippen molar-refractivity contribution in [3.05, 3.63) is 57.3 Å². The molecule has 1 aliphatic rings. The Hall–Kier alpha value is -1.12. The number of thiophene rings is 1. The molecule has 1 heterocycles. The second-order valence-electron chi connectivity index (χ2n) is 6.07. The van der Waals surface area contributed by atoms with E-state index in [0.717, 1.165) is 12.6 Å². The van der Waals surface area contributed by atoms with Gasteiger partial charge in [0.15, 0.2) is 0 Å². The highest BCUT2D eigenvalue weighted by Gasteiger charge is 2.23. The van der Waals surface area contributed by atoms with Gasteiger partial charge in [0, 0.05) is 17.5 Å². The van der Waals surface area contributed by atoms with Gasteiger partial charge in [-0.1, -0.05) is 31.2 Å². The summed E-state index contributed by atoms with van der Waals surface area (Å²) in [5.74, 6) is 0. The fourth-order valence-electron chi connectivity index (χ4n) is 3.60. The minimum atomic E-state index is 0.726. The Labute approximate surface area is 132 Å². The van der Waals surface area contributed by atoms with E-state index >= 15 is 0 Å². The average molecular weight is 299 g/mol. The Balaban J connectivity index is 1.65. The lowest BCUT2D eigenvalue weighted by atomic mass is 9.85. The standard InChI is InChI=1S/C19H25NS/c1-3-20(12-11-18-8-5-13-21-18)17-9-10-19-15(2)6-4-7-16(19)14-17/h4-8,13,17H,3,9-12,14H2,1-2H3/t17-/m0/s1. The van der Waals surface area contributed by atoms with Gasteiger partial charge in [-0.3, -0.25) is 4.90 Å². The molecule has 0 saturated heterocycles. The maximum absolute atomic E-state index is 2.69. The van der Waals surface area contributed by atoms with Crippen molar-refractivity contribution in [3.63, 3.8) is 0 Å². The topological polar surface area (TPSA) is 3.24 Å². The van der Waals surface area contributed by atoms with Crippen LogP contribution in [0.25, 0.3) is 0 Å². The first-order valence-corrected chi connectivity index (χ1v) is 8.99. The van der Waals surface area contributed by atoms with Crippen LogP contribution in [-0.4, -0.2) is 24.0 Å². The van der Waals surface area contributed by atoms with Crippen molar-refractivity contribution in [2.24, 2.45) is 0 Å². The van der Waals surface area contributed by atoms with Gasteiger partial charge in [0.05, 0.1) is 0 Å². The molecule has 2 heteroatoms. The Morgan fingerprint density at radius 3 is 2.90 bits per heavy atom. The molecule has 21 heavy (non-hydrogen) atoms. The zero-order valence-corrected chi connectivity index (χ0v) is 14.0. The molecule has 0 radical (unpaired) electrons. The molecule has 0 amide bonds. The molecule has 1 aromatic carbocycles. The number of nitrogens with zero attached hydrogens (tertiary/aromatic N) is 1. The van der Waals surface area contributed by atoms with Crippen molar-refractivity contribution >= 4 is 11.3 Å². The van der Waals surface area contributed by atoms with E-state index in [1.807, 2.05) is 11.3 Å². The van der Waals surface area contributed by atoms with Crippen molar-refractivity contribution in [2.75, 3.05) is 13.1 Å². The quantitative estimate of drug-likeness (QED) is 0.787. The van der Waals surface area contributed by atoms with Gasteiger partial charge in [-0.15, -0.1) is 11.3 Å². The second kappa shape index (κ2) is 6.76. The van der Waals surface area contributed by atoms with Crippen LogP contribution in [-0.2, 0) is 19.3 Å². The summed E-state index contributed by atoms with van der Waals surface area (Å²) in [7, 11) is 0. The fraction of sp³-hybridized carbons (Fsp3) is 0.474. The number of fused-ring (bicyclic) bond motifs is 1. The van der Waals surface area contributed by atoms with Crippen molar-refractivity contribution in [3.8, 4) is 0 Å². The smallest absolute Gasteiger partial charge is 0.0139 e. The Morgan fingerprint density at radius 1 is 1.24 bits per heavy atom. The van der Waals surface area contributed by atoms with E-state index < -0.39 is 0 Å². The predicted molar refractivity (Wildman–Crippen MR) is 92.3 cm³/mol. The summed E-state index contributed by atoms with van der Waals surface area (Å²) in [5, 5.41) is 2.19. The molecule has 1 aliphatic carbocycles. The molecule has 0 bridgehead atoms. The van der Waals surface area contributed by atoms with Crippen molar-refractivity contribution in [1.82, 2.24) is 4.90 Å². The zero-order valence-electron chi connectivity index (χ0n) is 13.1. The lowest BCUT2D eigenvalue weighted by Gasteiger charge is -2.35. The number of aryl methyl sites for hydroxylation is 1. The first kappa shape index (κ1) is 14.8. The highest BCUT2D eigenvalue weighted by Crippen LogP contribution is 2.27. The Bertz CT molecular complexity index is 573. The molecule has 0 saturated carbocycles. The summed E-state index contributed by atoms with van der Waals surface area (Å²) >= 11 is 1.89. The van der Waals surface area contributed by atoms with Crippen LogP contribution >= 0.6 is 11.3 Å². The van der Waals surface area contributed by atoms with Crippen LogP contribution in [0.2, 0.25) is 0 Å². The number of likely N-dealkylation sites (N-methyl/N-ethyl adjacent to an activating group) is 1. The first-order valence-electron chi connectivity index (χ1n) is 8.11. The summed E-state index contributed by atoms with van der Waals surface area (Å²) in [5.41, 5.74) is 4.68. The highest BCUT2D eigenvalue weighted by molar-refractivity contribution is 7.09. The number of hydrogen-bond acceptors (Lipinski definition) is 2. The van der Waals surface area contributed by atoms with E-state index in [0.29, 0.717) is 0 Å². The number of rotatable bonds is 5. The third-order valence-corrected chi connectivity index (χ3v) is 5.77. The van der Waals surface area contributed by atoms with Gasteiger partial charge in [0.2, 0.25) is 0 Å². The fourth-order valence-corrected chi connectivity index (χ4v) is 4.30. The van der Waals surface area contributed by atoms with E-state index in [4.69, 9.17) is 0 Å². The predicted octanol–water partition coefficient (Wildman–Crippen LogP) is 4.48. The van der Waals surface area contributed by atoms with Crippen LogP contribution in [0.15, 0.2) is 35.7 Å². The Morgan fingerprint density at radius 2 is 2.14 bits per heavy atom. The van der Waals surface area contributed by atoms with Crippen molar-refractivity contribution in [2.45, 2.75) is 45.6 Å². The monoisotopic (exact) mass is 299 g/mol. The van der Waals surface area contributed by atoms with Crippen LogP contribution in [0.4, 0.5) is 0 Å². The van der Waals surface area contributed by atoms with E-state index in [-0.39, 0.29) is 0 Å². The van der Waals surface area contributed by atoms with E-state index in [1.165, 1.54) is 42.7 Å². The molecular formula is C19H25NS. The maximum Gasteiger partial charge on any atom is 0.0139 e. The van der Waals surface area contributed by atoms with Gasteiger partial charge >= 0.3 is 0 Å². The minimum absolute atomic E-state index is 0.726. The average Bonchev–Trinajstić information content (AvgIpc) is 3.01. The Kier molecular flexibility index (Phi) is 4.77.